The van der Waals surface area contributed by atoms with E-state index in [9.17, 15) is 0 Å². The maximum atomic E-state index is 6.17. The molecule has 3 N–H and O–H groups in total. The monoisotopic (exact) mass is 380 g/mol. The average Bonchev–Trinajstić information content (AvgIpc) is 2.88. The Hall–Kier alpha value is -2.53. The number of hydrogen-bond acceptors (Lipinski definition) is 5. The van der Waals surface area contributed by atoms with Crippen molar-refractivity contribution < 1.29 is 4.74 Å². The molecule has 2 aromatic rings. The molecule has 0 radical (unpaired) electrons. The Balaban J connectivity index is 0.000000271. The van der Waals surface area contributed by atoms with Crippen LogP contribution in [-0.2, 0) is 0 Å². The Morgan fingerprint density at radius 1 is 1.11 bits per heavy atom. The predicted molar refractivity (Wildman–Crippen MR) is 115 cm³/mol. The third-order valence-electron chi connectivity index (χ3n) is 5.42. The molecule has 4 rings (SSSR count). The first-order valence-corrected chi connectivity index (χ1v) is 10.1. The lowest BCUT2D eigenvalue weighted by molar-refractivity contribution is 0.277. The van der Waals surface area contributed by atoms with Crippen LogP contribution in [0, 0.1) is 6.92 Å². The minimum atomic E-state index is 0.817. The number of hydrogen-bond donors (Lipinski definition) is 2. The summed E-state index contributed by atoms with van der Waals surface area (Å²) in [6, 6.07) is 8.13. The molecule has 0 unspecified atom stereocenters. The summed E-state index contributed by atoms with van der Waals surface area (Å²) in [4.78, 5) is 6.60. The van der Waals surface area contributed by atoms with Gasteiger partial charge in [0.1, 0.15) is 5.75 Å². The average molecular weight is 381 g/mol. The van der Waals surface area contributed by atoms with Crippen LogP contribution in [0.15, 0.2) is 36.7 Å². The van der Waals surface area contributed by atoms with E-state index in [0.717, 1.165) is 46.1 Å². The summed E-state index contributed by atoms with van der Waals surface area (Å²) in [6.07, 6.45) is 8.74. The summed E-state index contributed by atoms with van der Waals surface area (Å²) >= 11 is 0. The van der Waals surface area contributed by atoms with E-state index >= 15 is 0 Å². The smallest absolute Gasteiger partial charge is 0.119 e. The van der Waals surface area contributed by atoms with E-state index in [0.29, 0.717) is 0 Å². The number of piperidine rings is 1. The van der Waals surface area contributed by atoms with E-state index in [1.165, 1.54) is 37.9 Å². The van der Waals surface area contributed by atoms with Crippen molar-refractivity contribution in [3.63, 3.8) is 0 Å². The lowest BCUT2D eigenvalue weighted by Gasteiger charge is -2.20. The first-order chi connectivity index (χ1) is 13.6. The molecule has 0 aliphatic carbocycles. The van der Waals surface area contributed by atoms with E-state index in [-0.39, 0.29) is 0 Å². The van der Waals surface area contributed by atoms with Gasteiger partial charge in [0.25, 0.3) is 0 Å². The zero-order valence-electron chi connectivity index (χ0n) is 17.3. The van der Waals surface area contributed by atoms with Crippen LogP contribution >= 0.6 is 0 Å². The quantitative estimate of drug-likeness (QED) is 0.831. The van der Waals surface area contributed by atoms with E-state index in [2.05, 4.69) is 35.2 Å². The molecule has 1 saturated heterocycles. The van der Waals surface area contributed by atoms with Gasteiger partial charge in [-0.25, -0.2) is 0 Å². The normalized spacial score (nSPS) is 17.0. The number of aromatic nitrogens is 1. The molecule has 0 saturated carbocycles. The second-order valence-corrected chi connectivity index (χ2v) is 7.54. The molecule has 150 valence electrons. The van der Waals surface area contributed by atoms with Gasteiger partial charge in [-0.3, -0.25) is 4.98 Å². The number of nitrogens with two attached hydrogens (primary N) is 1. The fraction of sp³-hybridized carbons (Fsp3) is 0.435. The predicted octanol–water partition coefficient (Wildman–Crippen LogP) is 1.72. The van der Waals surface area contributed by atoms with Gasteiger partial charge in [0, 0.05) is 52.8 Å². The molecule has 0 bridgehead atoms. The summed E-state index contributed by atoms with van der Waals surface area (Å²) in [5.41, 5.74) is 10.5. The van der Waals surface area contributed by atoms with Gasteiger partial charge in [-0.2, -0.15) is 0 Å². The zero-order valence-corrected chi connectivity index (χ0v) is 17.3. The Morgan fingerprint density at radius 2 is 1.89 bits per heavy atom. The van der Waals surface area contributed by atoms with Crippen LogP contribution in [0.1, 0.15) is 36.8 Å². The molecular formula is C23H32N4O. The minimum absolute atomic E-state index is 0.817. The molecule has 1 fully saturated rings. The third-order valence-corrected chi connectivity index (χ3v) is 5.42. The molecule has 28 heavy (non-hydrogen) atoms. The Morgan fingerprint density at radius 3 is 2.54 bits per heavy atom. The third kappa shape index (κ3) is 4.84. The zero-order chi connectivity index (χ0) is 19.9. The van der Waals surface area contributed by atoms with Gasteiger partial charge in [-0.15, -0.1) is 0 Å². The van der Waals surface area contributed by atoms with Crippen LogP contribution < -0.4 is 26.2 Å². The van der Waals surface area contributed by atoms with Crippen LogP contribution in [0.5, 0.6) is 5.75 Å². The highest BCUT2D eigenvalue weighted by Crippen LogP contribution is 2.21. The molecule has 0 spiro atoms. The molecule has 2 aliphatic rings. The van der Waals surface area contributed by atoms with Crippen LogP contribution in [-0.4, -0.2) is 43.7 Å². The SMILES string of the molecule is CN1CCCCC1.COc1ccc(C2=c3ccncc3=C(N)CCN2)c(C)c1. The molecule has 1 aromatic carbocycles. The molecular weight excluding hydrogens is 348 g/mol. The van der Waals surface area contributed by atoms with E-state index in [1.807, 2.05) is 24.4 Å². The highest BCUT2D eigenvalue weighted by Gasteiger charge is 2.11. The lowest BCUT2D eigenvalue weighted by atomic mass is 10.0. The van der Waals surface area contributed by atoms with E-state index in [1.54, 1.807) is 13.3 Å². The van der Waals surface area contributed by atoms with Crippen LogP contribution in [0.25, 0.3) is 11.4 Å². The number of ether oxygens (including phenoxy) is 1. The number of nitrogens with zero attached hydrogens (tertiary/aromatic N) is 2. The highest BCUT2D eigenvalue weighted by molar-refractivity contribution is 5.68. The number of likely N-dealkylation sites (tertiary alicyclic amines) is 1. The first-order valence-electron chi connectivity index (χ1n) is 10.1. The van der Waals surface area contributed by atoms with E-state index in [4.69, 9.17) is 10.5 Å². The second kappa shape index (κ2) is 9.60. The van der Waals surface area contributed by atoms with Crippen LogP contribution in [0.2, 0.25) is 0 Å². The second-order valence-electron chi connectivity index (χ2n) is 7.54. The van der Waals surface area contributed by atoms with Crippen LogP contribution in [0.3, 0.4) is 0 Å². The van der Waals surface area contributed by atoms with Gasteiger partial charge >= 0.3 is 0 Å². The topological polar surface area (TPSA) is 63.4 Å². The maximum Gasteiger partial charge on any atom is 0.119 e. The van der Waals surface area contributed by atoms with Crippen molar-refractivity contribution in [1.82, 2.24) is 15.2 Å². The molecule has 3 heterocycles. The van der Waals surface area contributed by atoms with Crippen molar-refractivity contribution in [1.29, 1.82) is 0 Å². The summed E-state index contributed by atoms with van der Waals surface area (Å²) < 4.78 is 5.28. The Labute approximate surface area is 167 Å². The van der Waals surface area contributed by atoms with Gasteiger partial charge in [0.2, 0.25) is 0 Å². The fourth-order valence-electron chi connectivity index (χ4n) is 3.76. The van der Waals surface area contributed by atoms with Crippen molar-refractivity contribution in [2.75, 3.05) is 33.8 Å². The summed E-state index contributed by atoms with van der Waals surface area (Å²) in [5.74, 6) is 0.867. The Kier molecular flexibility index (Phi) is 6.93. The number of methoxy groups -OCH3 is 1. The number of benzene rings is 1. The van der Waals surface area contributed by atoms with E-state index < -0.39 is 0 Å². The van der Waals surface area contributed by atoms with Gasteiger partial charge in [0.05, 0.1) is 7.11 Å². The van der Waals surface area contributed by atoms with Gasteiger partial charge in [0.15, 0.2) is 0 Å². The molecule has 5 nitrogen and oxygen atoms in total. The summed E-state index contributed by atoms with van der Waals surface area (Å²) in [7, 11) is 3.88. The molecule has 0 atom stereocenters. The highest BCUT2D eigenvalue weighted by atomic mass is 16.5. The van der Waals surface area contributed by atoms with Crippen molar-refractivity contribution >= 4 is 11.4 Å². The van der Waals surface area contributed by atoms with Crippen molar-refractivity contribution in [3.05, 3.63) is 58.2 Å². The number of aryl methyl sites for hydroxylation is 1. The van der Waals surface area contributed by atoms with Crippen molar-refractivity contribution in [2.24, 2.45) is 5.73 Å². The number of nitrogens with one attached hydrogen (secondary N) is 1. The standard InChI is InChI=1S/C17H19N3O.C6H13N/c1-11-9-12(21-2)3-4-13(11)17-14-5-7-19-10-15(14)16(18)6-8-20-17;1-7-5-3-2-4-6-7/h3-5,7,9-10,20H,6,8,18H2,1-2H3;2-6H2,1H3. The maximum absolute atomic E-state index is 6.17. The first kappa shape index (κ1) is 20.2. The number of pyridine rings is 1. The van der Waals surface area contributed by atoms with Gasteiger partial charge < -0.3 is 20.7 Å². The molecule has 2 aliphatic heterocycles. The van der Waals surface area contributed by atoms with Crippen molar-refractivity contribution in [2.45, 2.75) is 32.6 Å². The Bertz CT molecular complexity index is 916. The molecule has 5 heteroatoms. The number of fused-ring (bicyclic) bond motifs is 1. The van der Waals surface area contributed by atoms with Gasteiger partial charge in [-0.1, -0.05) is 6.42 Å². The fourth-order valence-corrected chi connectivity index (χ4v) is 3.76. The van der Waals surface area contributed by atoms with Crippen LogP contribution in [0.4, 0.5) is 0 Å². The summed E-state index contributed by atoms with van der Waals surface area (Å²) in [6.45, 7) is 5.55. The lowest BCUT2D eigenvalue weighted by Crippen LogP contribution is -2.33. The minimum Gasteiger partial charge on any atom is -0.497 e. The molecule has 1 aromatic heterocycles. The largest absolute Gasteiger partial charge is 0.497 e. The summed E-state index contributed by atoms with van der Waals surface area (Å²) in [5, 5.41) is 5.64. The number of rotatable bonds is 2. The molecule has 0 amide bonds. The van der Waals surface area contributed by atoms with Crippen molar-refractivity contribution in [3.8, 4) is 5.75 Å². The van der Waals surface area contributed by atoms with Gasteiger partial charge in [-0.05, 0) is 69.7 Å².